The number of hydrogen-bond acceptors (Lipinski definition) is 4. The summed E-state index contributed by atoms with van der Waals surface area (Å²) >= 11 is 0. The summed E-state index contributed by atoms with van der Waals surface area (Å²) in [6.07, 6.45) is 1.00. The average Bonchev–Trinajstić information content (AvgIpc) is 2.76. The molecule has 0 spiro atoms. The highest BCUT2D eigenvalue weighted by molar-refractivity contribution is 14.0. The van der Waals surface area contributed by atoms with Gasteiger partial charge in [0.1, 0.15) is 12.4 Å². The molecule has 3 N–H and O–H groups in total. The molecule has 0 saturated carbocycles. The smallest absolute Gasteiger partial charge is 0.188 e. The first-order chi connectivity index (χ1) is 13.8. The van der Waals surface area contributed by atoms with E-state index in [1.807, 2.05) is 36.4 Å². The summed E-state index contributed by atoms with van der Waals surface area (Å²) in [5.74, 6) is 1.35. The minimum atomic E-state index is 0. The number of nitrogens with one attached hydrogen (secondary N) is 1. The SMILES string of the molecule is I.NC(=NCCCN1CCOCC1)NCCOc1ccccc1-c1ccccc1. The third-order valence-electron chi connectivity index (χ3n) is 4.66. The van der Waals surface area contributed by atoms with Crippen molar-refractivity contribution in [1.29, 1.82) is 0 Å². The zero-order chi connectivity index (χ0) is 19.4. The zero-order valence-corrected chi connectivity index (χ0v) is 19.1. The van der Waals surface area contributed by atoms with Gasteiger partial charge < -0.3 is 20.5 Å². The lowest BCUT2D eigenvalue weighted by Gasteiger charge is -2.26. The van der Waals surface area contributed by atoms with Crippen molar-refractivity contribution in [3.05, 3.63) is 54.6 Å². The van der Waals surface area contributed by atoms with E-state index in [1.165, 1.54) is 0 Å². The standard InChI is InChI=1S/C22H30N4O2.HI/c23-22(24-11-6-13-26-14-17-27-18-15-26)25-12-16-28-21-10-5-4-9-20(21)19-7-2-1-3-8-19;/h1-5,7-10H,6,11-18H2,(H3,23,24,25);1H. The van der Waals surface area contributed by atoms with Gasteiger partial charge >= 0.3 is 0 Å². The minimum absolute atomic E-state index is 0. The molecular weight excluding hydrogens is 479 g/mol. The van der Waals surface area contributed by atoms with E-state index in [0.717, 1.165) is 62.7 Å². The Morgan fingerprint density at radius 2 is 1.79 bits per heavy atom. The van der Waals surface area contributed by atoms with Gasteiger partial charge in [0.05, 0.1) is 19.8 Å². The normalized spacial score (nSPS) is 14.8. The van der Waals surface area contributed by atoms with Crippen LogP contribution in [0, 0.1) is 0 Å². The summed E-state index contributed by atoms with van der Waals surface area (Å²) < 4.78 is 11.3. The molecule has 1 aliphatic rings. The molecule has 1 saturated heterocycles. The lowest BCUT2D eigenvalue weighted by molar-refractivity contribution is 0.0377. The molecule has 2 aromatic rings. The third kappa shape index (κ3) is 8.20. The highest BCUT2D eigenvalue weighted by atomic mass is 127. The quantitative estimate of drug-likeness (QED) is 0.235. The predicted molar refractivity (Wildman–Crippen MR) is 129 cm³/mol. The van der Waals surface area contributed by atoms with Crippen LogP contribution < -0.4 is 15.8 Å². The van der Waals surface area contributed by atoms with Gasteiger partial charge in [-0.3, -0.25) is 9.89 Å². The Hall–Kier alpha value is -1.84. The van der Waals surface area contributed by atoms with Crippen LogP contribution in [0.25, 0.3) is 11.1 Å². The highest BCUT2D eigenvalue weighted by Crippen LogP contribution is 2.29. The summed E-state index contributed by atoms with van der Waals surface area (Å²) in [5.41, 5.74) is 8.18. The van der Waals surface area contributed by atoms with Gasteiger partial charge in [0.2, 0.25) is 0 Å². The molecule has 0 bridgehead atoms. The van der Waals surface area contributed by atoms with Gasteiger partial charge in [-0.15, -0.1) is 24.0 Å². The molecule has 0 aliphatic carbocycles. The zero-order valence-electron chi connectivity index (χ0n) is 16.8. The number of hydrogen-bond donors (Lipinski definition) is 2. The molecule has 0 atom stereocenters. The molecule has 0 amide bonds. The minimum Gasteiger partial charge on any atom is -0.491 e. The maximum absolute atomic E-state index is 5.96. The first-order valence-corrected chi connectivity index (χ1v) is 9.94. The highest BCUT2D eigenvalue weighted by Gasteiger charge is 2.09. The van der Waals surface area contributed by atoms with Crippen LogP contribution in [-0.4, -0.2) is 63.4 Å². The van der Waals surface area contributed by atoms with Gasteiger partial charge in [0.25, 0.3) is 0 Å². The topological polar surface area (TPSA) is 72.1 Å². The van der Waals surface area contributed by atoms with E-state index in [0.29, 0.717) is 19.1 Å². The number of ether oxygens (including phenoxy) is 2. The molecule has 2 aromatic carbocycles. The van der Waals surface area contributed by atoms with Crippen molar-refractivity contribution in [3.63, 3.8) is 0 Å². The maximum atomic E-state index is 5.96. The van der Waals surface area contributed by atoms with Crippen molar-refractivity contribution in [1.82, 2.24) is 10.2 Å². The van der Waals surface area contributed by atoms with Crippen LogP contribution in [0.2, 0.25) is 0 Å². The lowest BCUT2D eigenvalue weighted by Crippen LogP contribution is -2.37. The number of aliphatic imine (C=N–C) groups is 1. The molecule has 0 radical (unpaired) electrons. The molecule has 1 fully saturated rings. The summed E-state index contributed by atoms with van der Waals surface area (Å²) in [5, 5.41) is 3.12. The second-order valence-electron chi connectivity index (χ2n) is 6.71. The van der Waals surface area contributed by atoms with Crippen molar-refractivity contribution < 1.29 is 9.47 Å². The first kappa shape index (κ1) is 23.4. The fraction of sp³-hybridized carbons (Fsp3) is 0.409. The van der Waals surface area contributed by atoms with Crippen molar-refractivity contribution in [2.45, 2.75) is 6.42 Å². The molecule has 3 rings (SSSR count). The number of halogens is 1. The molecule has 1 heterocycles. The number of nitrogens with two attached hydrogens (primary N) is 1. The molecule has 7 heteroatoms. The van der Waals surface area contributed by atoms with Crippen LogP contribution in [0.1, 0.15) is 6.42 Å². The van der Waals surface area contributed by atoms with Gasteiger partial charge in [0, 0.05) is 31.7 Å². The fourth-order valence-corrected chi connectivity index (χ4v) is 3.16. The number of guanidine groups is 1. The monoisotopic (exact) mass is 510 g/mol. The summed E-state index contributed by atoms with van der Waals surface area (Å²) in [7, 11) is 0. The molecule has 29 heavy (non-hydrogen) atoms. The van der Waals surface area contributed by atoms with Gasteiger partial charge in [0.15, 0.2) is 5.96 Å². The van der Waals surface area contributed by atoms with Gasteiger partial charge in [-0.05, 0) is 18.1 Å². The van der Waals surface area contributed by atoms with E-state index in [9.17, 15) is 0 Å². The van der Waals surface area contributed by atoms with Crippen LogP contribution >= 0.6 is 24.0 Å². The van der Waals surface area contributed by atoms with E-state index in [4.69, 9.17) is 15.2 Å². The second kappa shape index (κ2) is 13.4. The average molecular weight is 510 g/mol. The van der Waals surface area contributed by atoms with E-state index < -0.39 is 0 Å². The van der Waals surface area contributed by atoms with Crippen molar-refractivity contribution >= 4 is 29.9 Å². The molecule has 6 nitrogen and oxygen atoms in total. The van der Waals surface area contributed by atoms with Gasteiger partial charge in [-0.25, -0.2) is 0 Å². The molecule has 0 unspecified atom stereocenters. The largest absolute Gasteiger partial charge is 0.491 e. The maximum Gasteiger partial charge on any atom is 0.188 e. The Kier molecular flexibility index (Phi) is 10.8. The molecule has 1 aliphatic heterocycles. The molecule has 0 aromatic heterocycles. The van der Waals surface area contributed by atoms with Crippen LogP contribution in [0.4, 0.5) is 0 Å². The Morgan fingerprint density at radius 3 is 2.59 bits per heavy atom. The predicted octanol–water partition coefficient (Wildman–Crippen LogP) is 2.98. The fourth-order valence-electron chi connectivity index (χ4n) is 3.16. The summed E-state index contributed by atoms with van der Waals surface area (Å²) in [6, 6.07) is 18.3. The Balaban J connectivity index is 0.00000300. The summed E-state index contributed by atoms with van der Waals surface area (Å²) in [6.45, 7) is 6.60. The van der Waals surface area contributed by atoms with E-state index in [2.05, 4.69) is 33.4 Å². The van der Waals surface area contributed by atoms with Crippen LogP contribution in [0.15, 0.2) is 59.6 Å². The van der Waals surface area contributed by atoms with E-state index in [1.54, 1.807) is 0 Å². The van der Waals surface area contributed by atoms with E-state index in [-0.39, 0.29) is 24.0 Å². The Bertz CT molecular complexity index is 737. The first-order valence-electron chi connectivity index (χ1n) is 9.94. The Morgan fingerprint density at radius 1 is 1.07 bits per heavy atom. The number of nitrogens with zero attached hydrogens (tertiary/aromatic N) is 2. The van der Waals surface area contributed by atoms with Crippen molar-refractivity contribution in [2.75, 3.05) is 52.5 Å². The second-order valence-corrected chi connectivity index (χ2v) is 6.71. The number of rotatable bonds is 9. The van der Waals surface area contributed by atoms with Crippen molar-refractivity contribution in [2.24, 2.45) is 10.7 Å². The van der Waals surface area contributed by atoms with Crippen molar-refractivity contribution in [3.8, 4) is 16.9 Å². The molecular formula is C22H31IN4O2. The Labute approximate surface area is 190 Å². The number of para-hydroxylation sites is 1. The third-order valence-corrected chi connectivity index (χ3v) is 4.66. The number of morpholine rings is 1. The van der Waals surface area contributed by atoms with E-state index >= 15 is 0 Å². The van der Waals surface area contributed by atoms with Gasteiger partial charge in [-0.1, -0.05) is 48.5 Å². The van der Waals surface area contributed by atoms with Crippen LogP contribution in [0.3, 0.4) is 0 Å². The summed E-state index contributed by atoms with van der Waals surface area (Å²) in [4.78, 5) is 6.79. The van der Waals surface area contributed by atoms with Crippen LogP contribution in [-0.2, 0) is 4.74 Å². The lowest BCUT2D eigenvalue weighted by atomic mass is 10.1. The molecule has 158 valence electrons. The number of benzene rings is 2. The van der Waals surface area contributed by atoms with Crippen LogP contribution in [0.5, 0.6) is 5.75 Å². The van der Waals surface area contributed by atoms with Gasteiger partial charge in [-0.2, -0.15) is 0 Å².